The highest BCUT2D eigenvalue weighted by Gasteiger charge is 2.30. The van der Waals surface area contributed by atoms with Gasteiger partial charge in [0.1, 0.15) is 0 Å². The van der Waals surface area contributed by atoms with Gasteiger partial charge in [-0.05, 0) is 31.0 Å². The van der Waals surface area contributed by atoms with Crippen LogP contribution in [0.1, 0.15) is 23.2 Å². The molecule has 4 rings (SSSR count). The van der Waals surface area contributed by atoms with Gasteiger partial charge in [0, 0.05) is 44.5 Å². The Kier molecular flexibility index (Phi) is 5.30. The first kappa shape index (κ1) is 19.8. The van der Waals surface area contributed by atoms with Gasteiger partial charge in [-0.2, -0.15) is 17.7 Å². The Bertz CT molecular complexity index is 1060. The summed E-state index contributed by atoms with van der Waals surface area (Å²) in [6, 6.07) is 6.81. The minimum atomic E-state index is -4.31. The summed E-state index contributed by atoms with van der Waals surface area (Å²) >= 11 is 1.39. The second-order valence-corrected chi connectivity index (χ2v) is 8.06. The lowest BCUT2D eigenvalue weighted by Gasteiger charge is -2.21. The fraction of sp³-hybridized carbons (Fsp3) is 0.421. The highest BCUT2D eigenvalue weighted by molar-refractivity contribution is 7.20. The van der Waals surface area contributed by atoms with Crippen molar-refractivity contribution < 1.29 is 13.2 Å². The Balaban J connectivity index is 1.43. The molecule has 0 N–H and O–H groups in total. The van der Waals surface area contributed by atoms with E-state index in [-0.39, 0.29) is 5.56 Å². The summed E-state index contributed by atoms with van der Waals surface area (Å²) in [4.78, 5) is 21.4. The molecule has 154 valence electrons. The maximum Gasteiger partial charge on any atom is 0.416 e. The number of aryl methyl sites for hydroxylation is 1. The van der Waals surface area contributed by atoms with E-state index in [1.807, 2.05) is 0 Å². The van der Waals surface area contributed by atoms with Gasteiger partial charge in [-0.3, -0.25) is 9.69 Å². The van der Waals surface area contributed by atoms with E-state index in [1.54, 1.807) is 19.1 Å². The van der Waals surface area contributed by atoms with Gasteiger partial charge in [0.25, 0.3) is 5.56 Å². The van der Waals surface area contributed by atoms with Crippen LogP contribution in [0, 0.1) is 6.92 Å². The van der Waals surface area contributed by atoms with Gasteiger partial charge in [-0.1, -0.05) is 23.5 Å². The minimum absolute atomic E-state index is 0.186. The smallest absolute Gasteiger partial charge is 0.345 e. The number of fused-ring (bicyclic) bond motifs is 1. The summed E-state index contributed by atoms with van der Waals surface area (Å²) in [5.41, 5.74) is 0.716. The molecule has 1 aliphatic rings. The second-order valence-electron chi connectivity index (χ2n) is 7.13. The summed E-state index contributed by atoms with van der Waals surface area (Å²) < 4.78 is 39.5. The van der Waals surface area contributed by atoms with Crippen LogP contribution >= 0.6 is 11.3 Å². The fourth-order valence-electron chi connectivity index (χ4n) is 3.42. The van der Waals surface area contributed by atoms with Crippen LogP contribution in [0.3, 0.4) is 0 Å². The first-order valence-electron chi connectivity index (χ1n) is 9.30. The fourth-order valence-corrected chi connectivity index (χ4v) is 4.42. The van der Waals surface area contributed by atoms with Gasteiger partial charge in [-0.15, -0.1) is 5.10 Å². The first-order valence-corrected chi connectivity index (χ1v) is 10.1. The molecule has 0 saturated carbocycles. The molecule has 0 atom stereocenters. The maximum atomic E-state index is 12.7. The van der Waals surface area contributed by atoms with Crippen molar-refractivity contribution in [2.45, 2.75) is 26.1 Å². The Morgan fingerprint density at radius 3 is 2.59 bits per heavy atom. The average Bonchev–Trinajstić information content (AvgIpc) is 2.94. The maximum absolute atomic E-state index is 12.7. The highest BCUT2D eigenvalue weighted by atomic mass is 32.1. The molecule has 6 nitrogen and oxygen atoms in total. The van der Waals surface area contributed by atoms with Crippen LogP contribution in [-0.4, -0.2) is 45.7 Å². The number of alkyl halides is 3. The zero-order valence-electron chi connectivity index (χ0n) is 15.8. The van der Waals surface area contributed by atoms with Crippen LogP contribution in [-0.2, 0) is 12.7 Å². The van der Waals surface area contributed by atoms with Crippen molar-refractivity contribution in [1.82, 2.24) is 19.5 Å². The minimum Gasteiger partial charge on any atom is -0.345 e. The average molecular weight is 423 g/mol. The van der Waals surface area contributed by atoms with Gasteiger partial charge in [0.15, 0.2) is 0 Å². The summed E-state index contributed by atoms with van der Waals surface area (Å²) in [6.07, 6.45) is -3.41. The molecule has 1 aromatic carbocycles. The number of hydrogen-bond acceptors (Lipinski definition) is 6. The Labute approximate surface area is 169 Å². The third-order valence-corrected chi connectivity index (χ3v) is 5.88. The Hall–Kier alpha value is -2.46. The first-order chi connectivity index (χ1) is 13.8. The molecule has 0 spiro atoms. The van der Waals surface area contributed by atoms with E-state index in [0.717, 1.165) is 55.4 Å². The van der Waals surface area contributed by atoms with Gasteiger partial charge < -0.3 is 4.90 Å². The van der Waals surface area contributed by atoms with Gasteiger partial charge in [-0.25, -0.2) is 4.98 Å². The molecule has 0 radical (unpaired) electrons. The molecule has 2 aromatic heterocycles. The van der Waals surface area contributed by atoms with Crippen molar-refractivity contribution in [3.8, 4) is 0 Å². The molecule has 0 amide bonds. The van der Waals surface area contributed by atoms with Gasteiger partial charge in [0.2, 0.25) is 10.1 Å². The Morgan fingerprint density at radius 2 is 1.86 bits per heavy atom. The largest absolute Gasteiger partial charge is 0.416 e. The van der Waals surface area contributed by atoms with Crippen LogP contribution < -0.4 is 10.5 Å². The SMILES string of the molecule is Cc1cc(=O)n2nc(N3CCCN(Cc4ccc(C(F)(F)F)cc4)CC3)sc2n1. The standard InChI is InChI=1S/C19H20F3N5OS/c1-13-11-16(28)27-17(23-13)29-18(24-27)26-8-2-7-25(9-10-26)12-14-3-5-15(6-4-14)19(20,21)22/h3-6,11H,2,7-10,12H2,1H3. The third kappa shape index (κ3) is 4.43. The second kappa shape index (κ2) is 7.75. The predicted molar refractivity (Wildman–Crippen MR) is 105 cm³/mol. The van der Waals surface area contributed by atoms with Crippen LogP contribution in [0.25, 0.3) is 4.96 Å². The van der Waals surface area contributed by atoms with Gasteiger partial charge in [0.05, 0.1) is 5.56 Å². The van der Waals surface area contributed by atoms with Crippen LogP contribution in [0.4, 0.5) is 18.3 Å². The van der Waals surface area contributed by atoms with E-state index >= 15 is 0 Å². The van der Waals surface area contributed by atoms with E-state index in [1.165, 1.54) is 21.9 Å². The molecule has 0 unspecified atom stereocenters. The summed E-state index contributed by atoms with van der Waals surface area (Å²) in [5.74, 6) is 0. The topological polar surface area (TPSA) is 53.7 Å². The van der Waals surface area contributed by atoms with Crippen molar-refractivity contribution in [2.24, 2.45) is 0 Å². The monoisotopic (exact) mass is 423 g/mol. The number of halogens is 3. The van der Waals surface area contributed by atoms with E-state index in [2.05, 4.69) is 19.9 Å². The number of nitrogens with zero attached hydrogens (tertiary/aromatic N) is 5. The quantitative estimate of drug-likeness (QED) is 0.648. The van der Waals surface area contributed by atoms with E-state index in [9.17, 15) is 18.0 Å². The van der Waals surface area contributed by atoms with Crippen molar-refractivity contribution in [1.29, 1.82) is 0 Å². The van der Waals surface area contributed by atoms with E-state index in [4.69, 9.17) is 0 Å². The lowest BCUT2D eigenvalue weighted by molar-refractivity contribution is -0.137. The zero-order valence-corrected chi connectivity index (χ0v) is 16.6. The van der Waals surface area contributed by atoms with Gasteiger partial charge >= 0.3 is 6.18 Å². The van der Waals surface area contributed by atoms with Crippen molar-refractivity contribution in [2.75, 3.05) is 31.1 Å². The van der Waals surface area contributed by atoms with Crippen LogP contribution in [0.15, 0.2) is 35.1 Å². The summed E-state index contributed by atoms with van der Waals surface area (Å²) in [7, 11) is 0. The van der Waals surface area contributed by atoms with Crippen LogP contribution in [0.5, 0.6) is 0 Å². The van der Waals surface area contributed by atoms with Crippen molar-refractivity contribution >= 4 is 21.4 Å². The summed E-state index contributed by atoms with van der Waals surface area (Å²) in [5, 5.41) is 5.18. The number of benzene rings is 1. The van der Waals surface area contributed by atoms with Crippen molar-refractivity contribution in [3.05, 3.63) is 57.5 Å². The molecule has 1 saturated heterocycles. The molecular formula is C19H20F3N5OS. The number of aromatic nitrogens is 3. The molecule has 1 fully saturated rings. The number of hydrogen-bond donors (Lipinski definition) is 0. The molecular weight excluding hydrogens is 403 g/mol. The normalized spacial score (nSPS) is 16.3. The molecule has 3 aromatic rings. The van der Waals surface area contributed by atoms with Crippen LogP contribution in [0.2, 0.25) is 0 Å². The lowest BCUT2D eigenvalue weighted by atomic mass is 10.1. The third-order valence-electron chi connectivity index (χ3n) is 4.91. The zero-order chi connectivity index (χ0) is 20.6. The van der Waals surface area contributed by atoms with E-state index in [0.29, 0.717) is 17.2 Å². The molecule has 10 heteroatoms. The molecule has 29 heavy (non-hydrogen) atoms. The lowest BCUT2D eigenvalue weighted by Crippen LogP contribution is -2.30. The van der Waals surface area contributed by atoms with Crippen molar-refractivity contribution in [3.63, 3.8) is 0 Å². The predicted octanol–water partition coefficient (Wildman–Crippen LogP) is 3.19. The summed E-state index contributed by atoms with van der Waals surface area (Å²) in [6.45, 7) is 5.53. The number of anilines is 1. The van der Waals surface area contributed by atoms with E-state index < -0.39 is 11.7 Å². The number of rotatable bonds is 3. The highest BCUT2D eigenvalue weighted by Crippen LogP contribution is 2.29. The molecule has 3 heterocycles. The molecule has 0 bridgehead atoms. The molecule has 1 aliphatic heterocycles. The molecule has 0 aliphatic carbocycles. The Morgan fingerprint density at radius 1 is 1.10 bits per heavy atom.